The molecule has 0 spiro atoms. The van der Waals surface area contributed by atoms with Crippen molar-refractivity contribution in [3.05, 3.63) is 64.0 Å². The number of anilines is 1. The molecule has 1 amide bonds. The molecule has 240 valence electrons. The predicted octanol–water partition coefficient (Wildman–Crippen LogP) is -0.773. The number of ether oxygens (including phenoxy) is 2. The Morgan fingerprint density at radius 3 is 2.57 bits per heavy atom. The summed E-state index contributed by atoms with van der Waals surface area (Å²) in [6.07, 6.45) is 3.16. The Bertz CT molecular complexity index is 1760. The Labute approximate surface area is 280 Å². The highest BCUT2D eigenvalue weighted by molar-refractivity contribution is 9.10. The number of halogens is 2. The third-order valence-electron chi connectivity index (χ3n) is 8.20. The Kier molecular flexibility index (Phi) is 9.69. The molecule has 1 saturated heterocycles. The van der Waals surface area contributed by atoms with Gasteiger partial charge in [-0.25, -0.2) is 22.8 Å². The number of fused-ring (bicyclic) bond motifs is 1. The number of aliphatic hydroxyl groups excluding tert-OH is 1. The molecule has 1 fully saturated rings. The van der Waals surface area contributed by atoms with Gasteiger partial charge in [0.2, 0.25) is 21.9 Å². The van der Waals surface area contributed by atoms with E-state index in [1.165, 1.54) is 32.2 Å². The number of methoxy groups -OCH3 is 1. The van der Waals surface area contributed by atoms with Gasteiger partial charge in [0.05, 0.1) is 34.8 Å². The van der Waals surface area contributed by atoms with Crippen LogP contribution in [0.15, 0.2) is 52.0 Å². The van der Waals surface area contributed by atoms with E-state index in [1.807, 2.05) is 0 Å². The van der Waals surface area contributed by atoms with E-state index in [1.54, 1.807) is 24.4 Å². The smallest absolute Gasteiger partial charge is 0.244 e. The van der Waals surface area contributed by atoms with Crippen LogP contribution in [0, 0.1) is 5.82 Å². The van der Waals surface area contributed by atoms with E-state index in [0.29, 0.717) is 27.2 Å². The predicted molar refractivity (Wildman–Crippen MR) is 186 cm³/mol. The van der Waals surface area contributed by atoms with Crippen LogP contribution < -0.4 is 15.4 Å². The van der Waals surface area contributed by atoms with Gasteiger partial charge in [0, 0.05) is 41.2 Å². The standard InChI is InChI=1S/C28H35B4BrFN5O6S/c1-14(25(41)37-22(13-40)17-5-18(34)8-20(6-17)44-2)39-12-16-4-3-15(7-23(16)46(39,42)43)24-21(33)11-35-26(38-24)36-19-9-27(29,30)45-28(31,32)10-19/h3-8,11,14,19,22,40H,9-10,12-13,29-32H2,1-2H3,(H,37,41)(H,35,36,38)/t14-,22-/m1/s1. The van der Waals surface area contributed by atoms with Gasteiger partial charge in [-0.2, -0.15) is 4.31 Å². The maximum absolute atomic E-state index is 14.1. The summed E-state index contributed by atoms with van der Waals surface area (Å²) in [5, 5.41) is 15.4. The van der Waals surface area contributed by atoms with Gasteiger partial charge in [0.15, 0.2) is 0 Å². The number of aromatic nitrogens is 2. The Morgan fingerprint density at radius 1 is 1.22 bits per heavy atom. The van der Waals surface area contributed by atoms with Crippen molar-refractivity contribution in [1.29, 1.82) is 0 Å². The fraction of sp³-hybridized carbons (Fsp3) is 0.393. The van der Waals surface area contributed by atoms with Crippen LogP contribution in [0.4, 0.5) is 10.3 Å². The lowest BCUT2D eigenvalue weighted by Gasteiger charge is -2.46. The van der Waals surface area contributed by atoms with Gasteiger partial charge in [0.25, 0.3) is 0 Å². The van der Waals surface area contributed by atoms with Crippen LogP contribution in [0.3, 0.4) is 0 Å². The second-order valence-corrected chi connectivity index (χ2v) is 15.7. The number of rotatable bonds is 9. The lowest BCUT2D eigenvalue weighted by Crippen LogP contribution is -2.56. The number of nitrogens with one attached hydrogen (secondary N) is 2. The van der Waals surface area contributed by atoms with Crippen molar-refractivity contribution in [3.8, 4) is 17.0 Å². The number of carbonyl (C=O) groups excluding carboxylic acids is 1. The molecule has 3 heterocycles. The second kappa shape index (κ2) is 12.9. The monoisotopic (exact) mass is 711 g/mol. The van der Waals surface area contributed by atoms with Gasteiger partial charge in [-0.05, 0) is 65.0 Å². The van der Waals surface area contributed by atoms with E-state index in [0.717, 1.165) is 17.1 Å². The van der Waals surface area contributed by atoms with E-state index in [4.69, 9.17) is 14.5 Å². The van der Waals surface area contributed by atoms with Crippen LogP contribution >= 0.6 is 15.9 Å². The summed E-state index contributed by atoms with van der Waals surface area (Å²) in [6.45, 7) is 0.922. The Balaban J connectivity index is 1.35. The van der Waals surface area contributed by atoms with Crippen molar-refractivity contribution in [1.82, 2.24) is 19.6 Å². The fourth-order valence-electron chi connectivity index (χ4n) is 6.37. The van der Waals surface area contributed by atoms with Crippen molar-refractivity contribution in [2.75, 3.05) is 19.0 Å². The summed E-state index contributed by atoms with van der Waals surface area (Å²) in [5.74, 6) is -0.606. The van der Waals surface area contributed by atoms with Crippen LogP contribution in [0.1, 0.15) is 36.9 Å². The number of carbonyl (C=O) groups is 1. The minimum atomic E-state index is -4.08. The number of hydrogen-bond acceptors (Lipinski definition) is 9. The molecular weight excluding hydrogens is 677 g/mol. The van der Waals surface area contributed by atoms with E-state index in [9.17, 15) is 22.7 Å². The molecule has 11 nitrogen and oxygen atoms in total. The van der Waals surface area contributed by atoms with Gasteiger partial charge >= 0.3 is 0 Å². The Hall–Kier alpha value is -2.91. The third kappa shape index (κ3) is 7.30. The minimum Gasteiger partial charge on any atom is -0.497 e. The van der Waals surface area contributed by atoms with Crippen molar-refractivity contribution >= 4 is 69.2 Å². The van der Waals surface area contributed by atoms with E-state index < -0.39 is 40.4 Å². The largest absolute Gasteiger partial charge is 0.497 e. The van der Waals surface area contributed by atoms with Gasteiger partial charge in [-0.1, -0.05) is 12.1 Å². The van der Waals surface area contributed by atoms with Crippen molar-refractivity contribution < 1.29 is 32.2 Å². The summed E-state index contributed by atoms with van der Waals surface area (Å²) in [7, 11) is 5.53. The van der Waals surface area contributed by atoms with Crippen LogP contribution in [0.5, 0.6) is 5.75 Å². The molecule has 46 heavy (non-hydrogen) atoms. The summed E-state index contributed by atoms with van der Waals surface area (Å²) < 4.78 is 54.6. The lowest BCUT2D eigenvalue weighted by atomic mass is 9.53. The topological polar surface area (TPSA) is 143 Å². The number of nitrogens with zero attached hydrogens (tertiary/aromatic N) is 3. The zero-order valence-electron chi connectivity index (χ0n) is 26.6. The molecule has 0 unspecified atom stereocenters. The van der Waals surface area contributed by atoms with E-state index >= 15 is 0 Å². The summed E-state index contributed by atoms with van der Waals surface area (Å²) in [6, 6.07) is 6.88. The zero-order chi connectivity index (χ0) is 33.6. The normalized spacial score (nSPS) is 19.9. The van der Waals surface area contributed by atoms with E-state index in [2.05, 4.69) is 62.9 Å². The number of amides is 1. The van der Waals surface area contributed by atoms with Gasteiger partial charge in [-0.3, -0.25) is 4.79 Å². The van der Waals surface area contributed by atoms with Gasteiger partial charge in [0.1, 0.15) is 49.0 Å². The number of benzene rings is 2. The highest BCUT2D eigenvalue weighted by atomic mass is 79.9. The van der Waals surface area contributed by atoms with Crippen LogP contribution in [-0.2, 0) is 26.1 Å². The van der Waals surface area contributed by atoms with E-state index in [-0.39, 0.29) is 39.6 Å². The van der Waals surface area contributed by atoms with Gasteiger partial charge in [-0.15, -0.1) is 0 Å². The molecule has 0 bridgehead atoms. The molecule has 0 radical (unpaired) electrons. The molecule has 0 saturated carbocycles. The zero-order valence-corrected chi connectivity index (χ0v) is 29.0. The molecule has 2 aliphatic heterocycles. The first-order valence-corrected chi connectivity index (χ1v) is 17.2. The van der Waals surface area contributed by atoms with Gasteiger partial charge < -0.3 is 25.2 Å². The third-order valence-corrected chi connectivity index (χ3v) is 10.8. The highest BCUT2D eigenvalue weighted by Gasteiger charge is 2.41. The minimum absolute atomic E-state index is 0.0167. The van der Waals surface area contributed by atoms with Crippen molar-refractivity contribution in [2.24, 2.45) is 0 Å². The first kappa shape index (κ1) is 34.4. The molecule has 3 aromatic rings. The molecule has 2 aromatic carbocycles. The molecule has 2 atom stereocenters. The Morgan fingerprint density at radius 2 is 1.91 bits per heavy atom. The number of sulfonamides is 1. The number of hydrogen-bond donors (Lipinski definition) is 3. The average Bonchev–Trinajstić information content (AvgIpc) is 3.23. The molecule has 18 heteroatoms. The molecule has 3 N–H and O–H groups in total. The maximum atomic E-state index is 14.1. The second-order valence-electron chi connectivity index (χ2n) is 13.0. The lowest BCUT2D eigenvalue weighted by molar-refractivity contribution is -0.125. The van der Waals surface area contributed by atoms with Crippen LogP contribution in [0.2, 0.25) is 0 Å². The maximum Gasteiger partial charge on any atom is 0.244 e. The highest BCUT2D eigenvalue weighted by Crippen LogP contribution is 2.37. The quantitative estimate of drug-likeness (QED) is 0.244. The van der Waals surface area contributed by atoms with Crippen LogP contribution in [0.25, 0.3) is 11.3 Å². The van der Waals surface area contributed by atoms with Crippen molar-refractivity contribution in [3.63, 3.8) is 0 Å². The average molecular weight is 712 g/mol. The summed E-state index contributed by atoms with van der Waals surface area (Å²) in [4.78, 5) is 22.5. The molecule has 1 aromatic heterocycles. The molecule has 5 rings (SSSR count). The SMILES string of the molecule is BC1(B)CC(Nc2ncc(Br)c(-c3ccc4c(c3)S(=O)(=O)N([C@H](C)C(=O)N[C@H](CO)c3cc(F)cc(OC)c3)C4)n2)CC(B)(B)O1. The summed E-state index contributed by atoms with van der Waals surface area (Å²) >= 11 is 3.52. The molecule has 0 aliphatic carbocycles. The molecule has 2 aliphatic rings. The van der Waals surface area contributed by atoms with Crippen molar-refractivity contribution in [2.45, 2.75) is 60.1 Å². The number of aliphatic hydroxyl groups is 1. The first-order chi connectivity index (χ1) is 21.5. The first-order valence-electron chi connectivity index (χ1n) is 14.9. The molecular formula is C28H35B4BrFN5O6S. The van der Waals surface area contributed by atoms with Crippen LogP contribution in [-0.4, -0.2) is 102 Å². The summed E-state index contributed by atoms with van der Waals surface area (Å²) in [5.41, 5.74) is 1.89. The fourth-order valence-corrected chi connectivity index (χ4v) is 8.61.